The number of halogens is 1. The number of carbonyl (C=O) groups excluding carboxylic acids is 2. The van der Waals surface area contributed by atoms with Crippen molar-refractivity contribution in [3.8, 4) is 0 Å². The van der Waals surface area contributed by atoms with Crippen molar-refractivity contribution in [2.45, 2.75) is 24.9 Å². The molecule has 10 heteroatoms. The Labute approximate surface area is 173 Å². The number of anilines is 1. The minimum Gasteiger partial charge on any atom is -0.466 e. The maximum absolute atomic E-state index is 12.6. The number of hydrogen-bond acceptors (Lipinski definition) is 8. The summed E-state index contributed by atoms with van der Waals surface area (Å²) in [5.74, 6) is 0.464. The van der Waals surface area contributed by atoms with Crippen LogP contribution < -0.4 is 4.90 Å². The van der Waals surface area contributed by atoms with E-state index in [2.05, 4.69) is 14.9 Å². The summed E-state index contributed by atoms with van der Waals surface area (Å²) in [6.07, 6.45) is 1.56. The fourth-order valence-electron chi connectivity index (χ4n) is 3.28. The molecule has 154 valence electrons. The number of hydrogen-bond donors (Lipinski definition) is 0. The van der Waals surface area contributed by atoms with Crippen LogP contribution in [0.4, 0.5) is 5.82 Å². The van der Waals surface area contributed by atoms with Crippen LogP contribution in [0.1, 0.15) is 19.8 Å². The van der Waals surface area contributed by atoms with E-state index in [0.717, 1.165) is 31.7 Å². The molecule has 8 nitrogen and oxygen atoms in total. The van der Waals surface area contributed by atoms with E-state index in [1.54, 1.807) is 17.9 Å². The summed E-state index contributed by atoms with van der Waals surface area (Å²) in [6, 6.07) is 1.73. The SMILES string of the molecule is CCOC(=O)C1CCCN(C(=O)CSc2nc(Cl)cc(N3CCOCC3)n2)C1. The molecule has 2 aliphatic rings. The molecule has 1 aromatic heterocycles. The number of esters is 1. The molecule has 2 fully saturated rings. The molecule has 28 heavy (non-hydrogen) atoms. The second kappa shape index (κ2) is 10.3. The minimum atomic E-state index is -0.238. The zero-order valence-corrected chi connectivity index (χ0v) is 17.5. The first-order chi connectivity index (χ1) is 13.6. The van der Waals surface area contributed by atoms with E-state index in [-0.39, 0.29) is 23.5 Å². The molecule has 3 heterocycles. The van der Waals surface area contributed by atoms with Crippen LogP contribution in [0.25, 0.3) is 0 Å². The van der Waals surface area contributed by atoms with Crippen LogP contribution in [0.15, 0.2) is 11.2 Å². The van der Waals surface area contributed by atoms with Crippen molar-refractivity contribution < 1.29 is 19.1 Å². The molecule has 3 rings (SSSR count). The third-order valence-electron chi connectivity index (χ3n) is 4.71. The van der Waals surface area contributed by atoms with Gasteiger partial charge in [-0.05, 0) is 19.8 Å². The van der Waals surface area contributed by atoms with E-state index in [0.29, 0.717) is 43.2 Å². The Morgan fingerprint density at radius 3 is 2.86 bits per heavy atom. The zero-order valence-electron chi connectivity index (χ0n) is 15.9. The van der Waals surface area contributed by atoms with Crippen LogP contribution >= 0.6 is 23.4 Å². The molecule has 1 unspecified atom stereocenters. The third-order valence-corrected chi connectivity index (χ3v) is 5.74. The molecule has 0 aromatic carbocycles. The van der Waals surface area contributed by atoms with Crippen LogP contribution in [0.3, 0.4) is 0 Å². The quantitative estimate of drug-likeness (QED) is 0.294. The maximum Gasteiger partial charge on any atom is 0.310 e. The topological polar surface area (TPSA) is 84.9 Å². The number of piperidine rings is 1. The molecule has 0 N–H and O–H groups in total. The number of likely N-dealkylation sites (tertiary alicyclic amines) is 1. The lowest BCUT2D eigenvalue weighted by atomic mass is 9.98. The van der Waals surface area contributed by atoms with Gasteiger partial charge in [-0.3, -0.25) is 9.59 Å². The van der Waals surface area contributed by atoms with Gasteiger partial charge in [-0.25, -0.2) is 9.97 Å². The van der Waals surface area contributed by atoms with Crippen molar-refractivity contribution in [3.63, 3.8) is 0 Å². The van der Waals surface area contributed by atoms with E-state index >= 15 is 0 Å². The molecule has 2 saturated heterocycles. The van der Waals surface area contributed by atoms with Gasteiger partial charge in [0.25, 0.3) is 0 Å². The number of aromatic nitrogens is 2. The van der Waals surface area contributed by atoms with Gasteiger partial charge in [0, 0.05) is 32.2 Å². The number of thioether (sulfide) groups is 1. The molecule has 0 bridgehead atoms. The summed E-state index contributed by atoms with van der Waals surface area (Å²) in [7, 11) is 0. The molecule has 1 amide bonds. The Hall–Kier alpha value is -1.58. The molecule has 1 atom stereocenters. The highest BCUT2D eigenvalue weighted by atomic mass is 35.5. The predicted octanol–water partition coefficient (Wildman–Crippen LogP) is 1.86. The van der Waals surface area contributed by atoms with Gasteiger partial charge in [0.1, 0.15) is 11.0 Å². The Bertz CT molecular complexity index is 702. The smallest absolute Gasteiger partial charge is 0.310 e. The number of amides is 1. The Morgan fingerprint density at radius 2 is 2.11 bits per heavy atom. The van der Waals surface area contributed by atoms with Gasteiger partial charge in [-0.2, -0.15) is 0 Å². The lowest BCUT2D eigenvalue weighted by Gasteiger charge is -2.31. The molecule has 1 aromatic rings. The normalized spacial score (nSPS) is 20.1. The summed E-state index contributed by atoms with van der Waals surface area (Å²) in [6.45, 7) is 6.02. The van der Waals surface area contributed by atoms with E-state index in [9.17, 15) is 9.59 Å². The lowest BCUT2D eigenvalue weighted by Crippen LogP contribution is -2.43. The van der Waals surface area contributed by atoms with E-state index in [1.807, 2.05) is 0 Å². The lowest BCUT2D eigenvalue weighted by molar-refractivity contribution is -0.151. The van der Waals surface area contributed by atoms with E-state index < -0.39 is 0 Å². The monoisotopic (exact) mass is 428 g/mol. The molecule has 0 saturated carbocycles. The van der Waals surface area contributed by atoms with Crippen LogP contribution in [0, 0.1) is 5.92 Å². The highest BCUT2D eigenvalue weighted by Crippen LogP contribution is 2.24. The van der Waals surface area contributed by atoms with Crippen molar-refractivity contribution in [2.24, 2.45) is 5.92 Å². The summed E-state index contributed by atoms with van der Waals surface area (Å²) >= 11 is 7.41. The second-order valence-electron chi connectivity index (χ2n) is 6.65. The number of nitrogens with zero attached hydrogens (tertiary/aromatic N) is 4. The van der Waals surface area contributed by atoms with Crippen molar-refractivity contribution >= 4 is 41.1 Å². The van der Waals surface area contributed by atoms with Crippen molar-refractivity contribution in [1.82, 2.24) is 14.9 Å². The summed E-state index contributed by atoms with van der Waals surface area (Å²) < 4.78 is 10.5. The van der Waals surface area contributed by atoms with Gasteiger partial charge >= 0.3 is 5.97 Å². The molecule has 0 aliphatic carbocycles. The first-order valence-corrected chi connectivity index (χ1v) is 10.9. The van der Waals surface area contributed by atoms with Crippen molar-refractivity contribution in [2.75, 3.05) is 56.7 Å². The average Bonchev–Trinajstić information content (AvgIpc) is 2.72. The number of carbonyl (C=O) groups is 2. The number of morpholine rings is 1. The van der Waals surface area contributed by atoms with Gasteiger partial charge < -0.3 is 19.3 Å². The highest BCUT2D eigenvalue weighted by molar-refractivity contribution is 7.99. The largest absolute Gasteiger partial charge is 0.466 e. The molecule has 0 spiro atoms. The Kier molecular flexibility index (Phi) is 7.75. The highest BCUT2D eigenvalue weighted by Gasteiger charge is 2.29. The minimum absolute atomic E-state index is 0.0319. The number of rotatable bonds is 6. The van der Waals surface area contributed by atoms with Gasteiger partial charge in [0.15, 0.2) is 5.16 Å². The summed E-state index contributed by atoms with van der Waals surface area (Å²) in [5, 5.41) is 0.827. The first kappa shape index (κ1) is 21.1. The number of ether oxygens (including phenoxy) is 2. The van der Waals surface area contributed by atoms with Crippen LogP contribution in [0.2, 0.25) is 5.15 Å². The van der Waals surface area contributed by atoms with Gasteiger partial charge in [0.2, 0.25) is 5.91 Å². The Balaban J connectivity index is 1.56. The van der Waals surface area contributed by atoms with Gasteiger partial charge in [0.05, 0.1) is 31.5 Å². The van der Waals surface area contributed by atoms with Crippen LogP contribution in [-0.2, 0) is 19.1 Å². The van der Waals surface area contributed by atoms with Gasteiger partial charge in [-0.15, -0.1) is 0 Å². The van der Waals surface area contributed by atoms with E-state index in [1.165, 1.54) is 11.8 Å². The fraction of sp³-hybridized carbons (Fsp3) is 0.667. The molecular weight excluding hydrogens is 404 g/mol. The van der Waals surface area contributed by atoms with Crippen molar-refractivity contribution in [3.05, 3.63) is 11.2 Å². The van der Waals surface area contributed by atoms with Gasteiger partial charge in [-0.1, -0.05) is 23.4 Å². The second-order valence-corrected chi connectivity index (χ2v) is 7.98. The first-order valence-electron chi connectivity index (χ1n) is 9.51. The zero-order chi connectivity index (χ0) is 19.9. The molecule has 2 aliphatic heterocycles. The third kappa shape index (κ3) is 5.71. The predicted molar refractivity (Wildman–Crippen MR) is 107 cm³/mol. The summed E-state index contributed by atoms with van der Waals surface area (Å²) in [4.78, 5) is 37.1. The molecule has 0 radical (unpaired) electrons. The summed E-state index contributed by atoms with van der Waals surface area (Å²) in [5.41, 5.74) is 0. The molecular formula is C18H25ClN4O4S. The van der Waals surface area contributed by atoms with Crippen LogP contribution in [-0.4, -0.2) is 78.5 Å². The fourth-order valence-corrected chi connectivity index (χ4v) is 4.26. The van der Waals surface area contributed by atoms with Crippen molar-refractivity contribution in [1.29, 1.82) is 0 Å². The maximum atomic E-state index is 12.6. The standard InChI is InChI=1S/C18H25ClN4O4S/c1-2-27-17(25)13-4-3-5-23(11-13)16(24)12-28-18-20-14(19)10-15(21-18)22-6-8-26-9-7-22/h10,13H,2-9,11-12H2,1H3. The Morgan fingerprint density at radius 1 is 1.32 bits per heavy atom. The average molecular weight is 429 g/mol. The van der Waals surface area contributed by atoms with E-state index in [4.69, 9.17) is 21.1 Å². The van der Waals surface area contributed by atoms with Crippen LogP contribution in [0.5, 0.6) is 0 Å².